The lowest BCUT2D eigenvalue weighted by Gasteiger charge is -2.20. The zero-order valence-corrected chi connectivity index (χ0v) is 21.0. The summed E-state index contributed by atoms with van der Waals surface area (Å²) in [5.41, 5.74) is 0. The second-order valence-electron chi connectivity index (χ2n) is 10.0. The first-order valence-corrected chi connectivity index (χ1v) is 13.6. The van der Waals surface area contributed by atoms with E-state index in [0.717, 1.165) is 23.7 Å². The normalized spacial score (nSPS) is 15.1. The summed E-state index contributed by atoms with van der Waals surface area (Å²) in [5, 5.41) is 0. The van der Waals surface area contributed by atoms with Crippen molar-refractivity contribution >= 4 is 0 Å². The Balaban J connectivity index is 3.47. The molecule has 0 aliphatic carbocycles. The Hall–Kier alpha value is 0. The maximum atomic E-state index is 2.48. The summed E-state index contributed by atoms with van der Waals surface area (Å²) in [6.45, 7) is 14.3. The monoisotopic (exact) mass is 394 g/mol. The highest BCUT2D eigenvalue weighted by molar-refractivity contribution is 4.64. The highest BCUT2D eigenvalue weighted by atomic mass is 14.2. The van der Waals surface area contributed by atoms with Gasteiger partial charge in [-0.25, -0.2) is 0 Å². The molecule has 0 spiro atoms. The quantitative estimate of drug-likeness (QED) is 0.170. The van der Waals surface area contributed by atoms with E-state index in [9.17, 15) is 0 Å². The number of rotatable bonds is 21. The third-order valence-electron chi connectivity index (χ3n) is 7.71. The van der Waals surface area contributed by atoms with Gasteiger partial charge in [-0.2, -0.15) is 0 Å². The van der Waals surface area contributed by atoms with Crippen molar-refractivity contribution in [3.8, 4) is 0 Å². The van der Waals surface area contributed by atoms with Crippen LogP contribution < -0.4 is 0 Å². The summed E-state index contributed by atoms with van der Waals surface area (Å²) in [6.07, 6.45) is 26.1. The summed E-state index contributed by atoms with van der Waals surface area (Å²) >= 11 is 0. The maximum absolute atomic E-state index is 2.48. The zero-order chi connectivity index (χ0) is 21.0. The molecular formula is C28H58. The molecule has 0 saturated carbocycles. The molecule has 0 heteroatoms. The Morgan fingerprint density at radius 2 is 0.857 bits per heavy atom. The van der Waals surface area contributed by atoms with E-state index < -0.39 is 0 Å². The molecule has 0 bridgehead atoms. The molecule has 0 aliphatic heterocycles. The van der Waals surface area contributed by atoms with Gasteiger partial charge in [-0.1, -0.05) is 157 Å². The Bertz CT molecular complexity index is 290. The second-order valence-corrected chi connectivity index (χ2v) is 10.0. The van der Waals surface area contributed by atoms with E-state index in [1.165, 1.54) is 116 Å². The summed E-state index contributed by atoms with van der Waals surface area (Å²) in [5.74, 6) is 3.85. The van der Waals surface area contributed by atoms with Crippen LogP contribution in [0.4, 0.5) is 0 Å². The minimum atomic E-state index is 0.940. The molecule has 0 radical (unpaired) electrons. The van der Waals surface area contributed by atoms with Crippen molar-refractivity contribution in [2.24, 2.45) is 23.7 Å². The lowest BCUT2D eigenvalue weighted by atomic mass is 9.85. The fraction of sp³-hybridized carbons (Fsp3) is 1.00. The van der Waals surface area contributed by atoms with Gasteiger partial charge in [0.25, 0.3) is 0 Å². The van der Waals surface area contributed by atoms with Crippen molar-refractivity contribution in [2.75, 3.05) is 0 Å². The molecule has 170 valence electrons. The van der Waals surface area contributed by atoms with Crippen molar-refractivity contribution in [3.05, 3.63) is 0 Å². The maximum Gasteiger partial charge on any atom is -0.0394 e. The van der Waals surface area contributed by atoms with Gasteiger partial charge < -0.3 is 0 Å². The molecule has 0 aromatic rings. The van der Waals surface area contributed by atoms with Gasteiger partial charge in [0.15, 0.2) is 0 Å². The molecule has 3 unspecified atom stereocenters. The van der Waals surface area contributed by atoms with Crippen LogP contribution in [0.15, 0.2) is 0 Å². The Labute approximate surface area is 181 Å². The standard InChI is InChI=1S/C28H58/c1-7-25(5)21-17-16-20-24-27(8-2)23-19-15-13-11-12-14-18-22-26(6)28(9-3)10-4/h25-28H,7-24H2,1-6H3. The van der Waals surface area contributed by atoms with E-state index >= 15 is 0 Å². The summed E-state index contributed by atoms with van der Waals surface area (Å²) in [6, 6.07) is 0. The number of hydrogen-bond acceptors (Lipinski definition) is 0. The smallest absolute Gasteiger partial charge is 0.0394 e. The van der Waals surface area contributed by atoms with Crippen LogP contribution in [0.3, 0.4) is 0 Å². The van der Waals surface area contributed by atoms with Gasteiger partial charge in [0.05, 0.1) is 0 Å². The van der Waals surface area contributed by atoms with E-state index in [4.69, 9.17) is 0 Å². The van der Waals surface area contributed by atoms with Crippen LogP contribution in [0.5, 0.6) is 0 Å². The molecule has 0 rings (SSSR count). The Kier molecular flexibility index (Phi) is 20.3. The molecule has 3 atom stereocenters. The molecule has 0 fully saturated rings. The molecule has 0 saturated heterocycles. The van der Waals surface area contributed by atoms with Crippen LogP contribution in [-0.4, -0.2) is 0 Å². The Morgan fingerprint density at radius 3 is 1.32 bits per heavy atom. The van der Waals surface area contributed by atoms with Crippen molar-refractivity contribution in [2.45, 2.75) is 157 Å². The summed E-state index contributed by atoms with van der Waals surface area (Å²) in [7, 11) is 0. The van der Waals surface area contributed by atoms with E-state index in [0.29, 0.717) is 0 Å². The third kappa shape index (κ3) is 15.9. The van der Waals surface area contributed by atoms with Gasteiger partial charge in [-0.15, -0.1) is 0 Å². The van der Waals surface area contributed by atoms with Crippen LogP contribution in [0.1, 0.15) is 157 Å². The SMILES string of the molecule is CCC(C)CCCCCC(CC)CCCCCCCCCC(C)C(CC)CC. The molecule has 0 N–H and O–H groups in total. The highest BCUT2D eigenvalue weighted by Crippen LogP contribution is 2.25. The molecule has 0 amide bonds. The topological polar surface area (TPSA) is 0 Å². The predicted molar refractivity (Wildman–Crippen MR) is 131 cm³/mol. The molecule has 0 aliphatic rings. The average molecular weight is 395 g/mol. The molecular weight excluding hydrogens is 336 g/mol. The number of hydrogen-bond donors (Lipinski definition) is 0. The first-order valence-electron chi connectivity index (χ1n) is 13.6. The molecule has 0 aromatic carbocycles. The zero-order valence-electron chi connectivity index (χ0n) is 21.0. The van der Waals surface area contributed by atoms with Crippen molar-refractivity contribution in [1.29, 1.82) is 0 Å². The number of unbranched alkanes of at least 4 members (excludes halogenated alkanes) is 8. The first kappa shape index (κ1) is 28.0. The van der Waals surface area contributed by atoms with Gasteiger partial charge in [0.1, 0.15) is 0 Å². The predicted octanol–water partition coefficient (Wildman–Crippen LogP) is 10.6. The Morgan fingerprint density at radius 1 is 0.429 bits per heavy atom. The van der Waals surface area contributed by atoms with Crippen LogP contribution in [0, 0.1) is 23.7 Å². The lowest BCUT2D eigenvalue weighted by molar-refractivity contribution is 0.309. The molecule has 0 nitrogen and oxygen atoms in total. The molecule has 28 heavy (non-hydrogen) atoms. The van der Waals surface area contributed by atoms with Crippen LogP contribution >= 0.6 is 0 Å². The lowest BCUT2D eigenvalue weighted by Crippen LogP contribution is -2.09. The van der Waals surface area contributed by atoms with Crippen molar-refractivity contribution < 1.29 is 0 Å². The van der Waals surface area contributed by atoms with Gasteiger partial charge >= 0.3 is 0 Å². The first-order chi connectivity index (χ1) is 13.6. The van der Waals surface area contributed by atoms with Crippen molar-refractivity contribution in [3.63, 3.8) is 0 Å². The fourth-order valence-corrected chi connectivity index (χ4v) is 4.97. The molecule has 0 heterocycles. The van der Waals surface area contributed by atoms with Crippen molar-refractivity contribution in [1.82, 2.24) is 0 Å². The van der Waals surface area contributed by atoms with E-state index in [1.807, 2.05) is 0 Å². The minimum absolute atomic E-state index is 0.940. The van der Waals surface area contributed by atoms with Crippen LogP contribution in [0.2, 0.25) is 0 Å². The van der Waals surface area contributed by atoms with Gasteiger partial charge in [0, 0.05) is 0 Å². The fourth-order valence-electron chi connectivity index (χ4n) is 4.97. The highest BCUT2D eigenvalue weighted by Gasteiger charge is 2.12. The van der Waals surface area contributed by atoms with Crippen LogP contribution in [0.25, 0.3) is 0 Å². The second kappa shape index (κ2) is 20.3. The van der Waals surface area contributed by atoms with E-state index in [1.54, 1.807) is 0 Å². The third-order valence-corrected chi connectivity index (χ3v) is 7.71. The summed E-state index contributed by atoms with van der Waals surface area (Å²) < 4.78 is 0. The largest absolute Gasteiger partial charge is 0.0651 e. The van der Waals surface area contributed by atoms with Gasteiger partial charge in [-0.05, 0) is 23.7 Å². The van der Waals surface area contributed by atoms with Crippen LogP contribution in [-0.2, 0) is 0 Å². The van der Waals surface area contributed by atoms with Gasteiger partial charge in [0.2, 0.25) is 0 Å². The molecule has 0 aromatic heterocycles. The van der Waals surface area contributed by atoms with E-state index in [2.05, 4.69) is 41.5 Å². The summed E-state index contributed by atoms with van der Waals surface area (Å²) in [4.78, 5) is 0. The van der Waals surface area contributed by atoms with E-state index in [-0.39, 0.29) is 0 Å². The van der Waals surface area contributed by atoms with Gasteiger partial charge in [-0.3, -0.25) is 0 Å². The minimum Gasteiger partial charge on any atom is -0.0651 e. The average Bonchev–Trinajstić information content (AvgIpc) is 2.71.